The Balaban J connectivity index is 1.22. The van der Waals surface area contributed by atoms with E-state index in [1.165, 1.54) is 5.69 Å². The Morgan fingerprint density at radius 3 is 2.33 bits per heavy atom. The number of amides is 2. The molecule has 1 heterocycles. The van der Waals surface area contributed by atoms with Crippen molar-refractivity contribution in [2.45, 2.75) is 57.7 Å². The molecule has 0 spiro atoms. The van der Waals surface area contributed by atoms with E-state index in [1.54, 1.807) is 0 Å². The van der Waals surface area contributed by atoms with Crippen molar-refractivity contribution >= 4 is 40.0 Å². The van der Waals surface area contributed by atoms with Gasteiger partial charge in [0.15, 0.2) is 0 Å². The van der Waals surface area contributed by atoms with Crippen LogP contribution in [-0.2, 0) is 0 Å². The summed E-state index contributed by atoms with van der Waals surface area (Å²) in [6, 6.07) is 17.0. The summed E-state index contributed by atoms with van der Waals surface area (Å²) in [7, 11) is 0. The summed E-state index contributed by atoms with van der Waals surface area (Å²) >= 11 is 2.25. The molecule has 2 aromatic rings. The third kappa shape index (κ3) is 6.53. The molecule has 2 aliphatic rings. The number of para-hydroxylation sites is 3. The summed E-state index contributed by atoms with van der Waals surface area (Å²) in [5.74, 6) is 0.982. The van der Waals surface area contributed by atoms with E-state index in [0.29, 0.717) is 6.04 Å². The van der Waals surface area contributed by atoms with Crippen molar-refractivity contribution in [3.8, 4) is 5.75 Å². The zero-order chi connectivity index (χ0) is 23.2. The number of benzene rings is 2. The molecule has 33 heavy (non-hydrogen) atoms. The zero-order valence-electron chi connectivity index (χ0n) is 19.6. The standard InChI is InChI=1S/C26H35IN4O2/c1-19(2)33-25-10-6-5-9-24(25)31-17-15-30(16-18-31)21-13-11-20(12-14-21)28-26(32)29-23-8-4-3-7-22(23)27/h3-10,19-21H,11-18H2,1-2H3,(H2,28,29,32). The predicted molar refractivity (Wildman–Crippen MR) is 143 cm³/mol. The van der Waals surface area contributed by atoms with Crippen molar-refractivity contribution in [1.29, 1.82) is 0 Å². The Bertz CT molecular complexity index is 922. The lowest BCUT2D eigenvalue weighted by Gasteiger charge is -2.43. The van der Waals surface area contributed by atoms with Gasteiger partial charge in [-0.25, -0.2) is 4.79 Å². The highest BCUT2D eigenvalue weighted by Crippen LogP contribution is 2.31. The van der Waals surface area contributed by atoms with Gasteiger partial charge in [-0.15, -0.1) is 0 Å². The van der Waals surface area contributed by atoms with Gasteiger partial charge in [-0.2, -0.15) is 0 Å². The van der Waals surface area contributed by atoms with Crippen LogP contribution in [0.25, 0.3) is 0 Å². The first-order chi connectivity index (χ1) is 16.0. The number of nitrogens with one attached hydrogen (secondary N) is 2. The average Bonchev–Trinajstić information content (AvgIpc) is 2.81. The number of hydrogen-bond donors (Lipinski definition) is 2. The molecule has 4 rings (SSSR count). The molecular formula is C26H35IN4O2. The first-order valence-electron chi connectivity index (χ1n) is 12.1. The van der Waals surface area contributed by atoms with Crippen LogP contribution in [0.2, 0.25) is 0 Å². The molecule has 0 unspecified atom stereocenters. The third-order valence-electron chi connectivity index (χ3n) is 6.55. The maximum absolute atomic E-state index is 12.4. The number of rotatable bonds is 6. The molecule has 2 N–H and O–H groups in total. The Morgan fingerprint density at radius 1 is 0.970 bits per heavy atom. The van der Waals surface area contributed by atoms with E-state index in [-0.39, 0.29) is 18.2 Å². The summed E-state index contributed by atoms with van der Waals surface area (Å²) in [5.41, 5.74) is 2.07. The fourth-order valence-electron chi connectivity index (χ4n) is 4.89. The fraction of sp³-hybridized carbons (Fsp3) is 0.500. The fourth-order valence-corrected chi connectivity index (χ4v) is 5.41. The van der Waals surface area contributed by atoms with Gasteiger partial charge >= 0.3 is 6.03 Å². The smallest absolute Gasteiger partial charge is 0.319 e. The van der Waals surface area contributed by atoms with Gasteiger partial charge in [0.25, 0.3) is 0 Å². The summed E-state index contributed by atoms with van der Waals surface area (Å²) in [4.78, 5) is 17.5. The van der Waals surface area contributed by atoms with Gasteiger partial charge in [-0.3, -0.25) is 4.90 Å². The van der Waals surface area contributed by atoms with Crippen LogP contribution in [0.1, 0.15) is 39.5 Å². The topological polar surface area (TPSA) is 56.8 Å². The van der Waals surface area contributed by atoms with E-state index in [1.807, 2.05) is 30.3 Å². The van der Waals surface area contributed by atoms with E-state index < -0.39 is 0 Å². The van der Waals surface area contributed by atoms with Crippen molar-refractivity contribution in [3.63, 3.8) is 0 Å². The number of nitrogens with zero attached hydrogens (tertiary/aromatic N) is 2. The largest absolute Gasteiger partial charge is 0.489 e. The number of anilines is 2. The third-order valence-corrected chi connectivity index (χ3v) is 7.49. The van der Waals surface area contributed by atoms with E-state index in [0.717, 1.165) is 66.9 Å². The van der Waals surface area contributed by atoms with Crippen LogP contribution < -0.4 is 20.3 Å². The molecule has 1 saturated heterocycles. The van der Waals surface area contributed by atoms with Crippen molar-refractivity contribution in [2.75, 3.05) is 36.4 Å². The van der Waals surface area contributed by atoms with Crippen molar-refractivity contribution < 1.29 is 9.53 Å². The number of hydrogen-bond acceptors (Lipinski definition) is 4. The van der Waals surface area contributed by atoms with Crippen LogP contribution in [0, 0.1) is 3.57 Å². The maximum atomic E-state index is 12.4. The molecule has 0 bridgehead atoms. The number of piperazine rings is 1. The summed E-state index contributed by atoms with van der Waals surface area (Å²) in [6.45, 7) is 8.35. The van der Waals surface area contributed by atoms with Crippen molar-refractivity contribution in [2.24, 2.45) is 0 Å². The van der Waals surface area contributed by atoms with Crippen molar-refractivity contribution in [3.05, 3.63) is 52.1 Å². The molecule has 178 valence electrons. The Morgan fingerprint density at radius 2 is 1.64 bits per heavy atom. The minimum Gasteiger partial charge on any atom is -0.489 e. The Hall–Kier alpha value is -2.00. The van der Waals surface area contributed by atoms with Crippen LogP contribution in [0.3, 0.4) is 0 Å². The predicted octanol–water partition coefficient (Wildman–Crippen LogP) is 5.33. The Labute approximate surface area is 211 Å². The van der Waals surface area contributed by atoms with Crippen LogP contribution in [0.5, 0.6) is 5.75 Å². The molecule has 0 atom stereocenters. The average molecular weight is 562 g/mol. The lowest BCUT2D eigenvalue weighted by molar-refractivity contribution is 0.137. The van der Waals surface area contributed by atoms with Crippen LogP contribution in [0.15, 0.2) is 48.5 Å². The number of carbonyl (C=O) groups excluding carboxylic acids is 1. The lowest BCUT2D eigenvalue weighted by atomic mass is 9.90. The first-order valence-corrected chi connectivity index (χ1v) is 13.1. The lowest BCUT2D eigenvalue weighted by Crippen LogP contribution is -2.52. The van der Waals surface area contributed by atoms with E-state index in [4.69, 9.17) is 4.74 Å². The Kier molecular flexibility index (Phi) is 8.35. The molecular weight excluding hydrogens is 527 g/mol. The number of halogens is 1. The quantitative estimate of drug-likeness (QED) is 0.468. The normalized spacial score (nSPS) is 21.6. The monoisotopic (exact) mass is 562 g/mol. The summed E-state index contributed by atoms with van der Waals surface area (Å²) in [6.07, 6.45) is 4.53. The minimum atomic E-state index is -0.0986. The maximum Gasteiger partial charge on any atom is 0.319 e. The van der Waals surface area contributed by atoms with Gasteiger partial charge in [0.1, 0.15) is 5.75 Å². The zero-order valence-corrected chi connectivity index (χ0v) is 21.8. The second kappa shape index (κ2) is 11.4. The van der Waals surface area contributed by atoms with E-state index in [2.05, 4.69) is 75.1 Å². The van der Waals surface area contributed by atoms with Gasteiger partial charge in [0.05, 0.1) is 17.5 Å². The molecule has 2 amide bonds. The highest BCUT2D eigenvalue weighted by atomic mass is 127. The number of ether oxygens (including phenoxy) is 1. The molecule has 0 aromatic heterocycles. The highest BCUT2D eigenvalue weighted by molar-refractivity contribution is 14.1. The summed E-state index contributed by atoms with van der Waals surface area (Å²) < 4.78 is 7.08. The van der Waals surface area contributed by atoms with Gasteiger partial charge in [0, 0.05) is 41.8 Å². The molecule has 6 nitrogen and oxygen atoms in total. The molecule has 1 aliphatic carbocycles. The SMILES string of the molecule is CC(C)Oc1ccccc1N1CCN(C2CCC(NC(=O)Nc3ccccc3I)CC2)CC1. The molecule has 7 heteroatoms. The van der Waals surface area contributed by atoms with E-state index >= 15 is 0 Å². The molecule has 2 aromatic carbocycles. The van der Waals surface area contributed by atoms with E-state index in [9.17, 15) is 4.79 Å². The van der Waals surface area contributed by atoms with Gasteiger partial charge in [-0.1, -0.05) is 24.3 Å². The highest BCUT2D eigenvalue weighted by Gasteiger charge is 2.29. The molecule has 0 radical (unpaired) electrons. The number of urea groups is 1. The van der Waals surface area contributed by atoms with Gasteiger partial charge in [0.2, 0.25) is 0 Å². The van der Waals surface area contributed by atoms with Crippen LogP contribution in [0.4, 0.5) is 16.2 Å². The second-order valence-corrected chi connectivity index (χ2v) is 10.4. The van der Waals surface area contributed by atoms with Crippen molar-refractivity contribution in [1.82, 2.24) is 10.2 Å². The van der Waals surface area contributed by atoms with Crippen LogP contribution >= 0.6 is 22.6 Å². The second-order valence-electron chi connectivity index (χ2n) is 9.24. The minimum absolute atomic E-state index is 0.0986. The van der Waals surface area contributed by atoms with Crippen LogP contribution in [-0.4, -0.2) is 55.3 Å². The number of carbonyl (C=O) groups is 1. The summed E-state index contributed by atoms with van der Waals surface area (Å²) in [5, 5.41) is 6.16. The van der Waals surface area contributed by atoms with Gasteiger partial charge < -0.3 is 20.3 Å². The van der Waals surface area contributed by atoms with Gasteiger partial charge in [-0.05, 0) is 86.4 Å². The first kappa shape index (κ1) is 24.1. The molecule has 1 aliphatic heterocycles. The molecule has 2 fully saturated rings. The molecule has 1 saturated carbocycles.